The zero-order valence-electron chi connectivity index (χ0n) is 33.4. The Balaban J connectivity index is 1.23. The van der Waals surface area contributed by atoms with Gasteiger partial charge in [-0.05, 0) is 48.0 Å². The van der Waals surface area contributed by atoms with Crippen LogP contribution in [0.3, 0.4) is 0 Å². The van der Waals surface area contributed by atoms with E-state index in [0.29, 0.717) is 11.1 Å². The molecule has 0 amide bonds. The van der Waals surface area contributed by atoms with Gasteiger partial charge in [-0.25, -0.2) is 4.79 Å². The van der Waals surface area contributed by atoms with Crippen molar-refractivity contribution in [1.82, 2.24) is 0 Å². The number of hydrogen-bond acceptors (Lipinski definition) is 21. The number of rotatable bonds is 13. The normalized spacial score (nSPS) is 35.2. The van der Waals surface area contributed by atoms with E-state index < -0.39 is 124 Å². The van der Waals surface area contributed by atoms with Crippen LogP contribution in [0.15, 0.2) is 72.5 Å². The van der Waals surface area contributed by atoms with Gasteiger partial charge in [-0.3, -0.25) is 0 Å². The summed E-state index contributed by atoms with van der Waals surface area (Å²) in [6, 6.07) is 13.9. The number of phenols is 3. The summed E-state index contributed by atoms with van der Waals surface area (Å²) in [6.45, 7) is -2.29. The Morgan fingerprint density at radius 3 is 1.81 bits per heavy atom. The maximum Gasteiger partial charge on any atom is 0.330 e. The molecule has 16 atom stereocenters. The topological polar surface area (TPSA) is 357 Å². The van der Waals surface area contributed by atoms with Gasteiger partial charge in [0.15, 0.2) is 18.2 Å². The fourth-order valence-electron chi connectivity index (χ4n) is 7.37. The van der Waals surface area contributed by atoms with Crippen LogP contribution in [0, 0.1) is 0 Å². The third-order valence-corrected chi connectivity index (χ3v) is 11.0. The van der Waals surface area contributed by atoms with Gasteiger partial charge in [0.2, 0.25) is 12.6 Å². The number of aliphatic hydroxyl groups is 11. The van der Waals surface area contributed by atoms with Crippen LogP contribution in [-0.2, 0) is 33.2 Å². The largest absolute Gasteiger partial charge is 0.571 e. The van der Waals surface area contributed by atoms with Crippen molar-refractivity contribution in [2.24, 2.45) is 0 Å². The standard InChI is InChI=1S/C42H48O22/c43-14-26-30(49)33(52)36(55)40(61-26)59-24-12-21(47)11-23-22(24)13-25(38(58-23)18-4-8-20(46)9-5-18)60-42-39(64-41-37(56)34(53)31(50)27(15-44)62-41)35(54)32(51)28(63-42)16-57-29(48)10-3-17-1-6-19(45)7-2-17/h1-13,26-28,30-47,49-56H,14-16H2/p+1. The number of aliphatic hydroxyl groups excluding tert-OH is 10. The number of carbonyl (C=O) groups is 1. The van der Waals surface area contributed by atoms with E-state index in [9.17, 15) is 71.2 Å². The molecule has 3 aromatic rings. The van der Waals surface area contributed by atoms with Gasteiger partial charge in [0.05, 0.1) is 24.8 Å². The first-order chi connectivity index (χ1) is 30.6. The molecule has 4 aliphatic heterocycles. The summed E-state index contributed by atoms with van der Waals surface area (Å²) in [6.07, 6.45) is -24.1. The summed E-state index contributed by atoms with van der Waals surface area (Å²) in [5, 5.41) is 136. The SMILES string of the molecule is O=C(C=Cc1ccc(O)cc1)OCC1OC(OC2=Cc3c(OC4OC(CO)C(O)C(O)C4O)cc(O)cc3[OH+]C2c2ccc(O)cc2)C(OC2OC(CO)C(O)C(O)C2O)C(O)C1O. The van der Waals surface area contributed by atoms with E-state index in [0.717, 1.165) is 12.1 Å². The molecule has 4 aliphatic rings. The molecule has 3 saturated heterocycles. The molecule has 0 radical (unpaired) electrons. The second-order valence-electron chi connectivity index (χ2n) is 15.4. The van der Waals surface area contributed by atoms with Gasteiger partial charge in [-0.2, -0.15) is 0 Å². The van der Waals surface area contributed by atoms with E-state index in [-0.39, 0.29) is 40.1 Å². The summed E-state index contributed by atoms with van der Waals surface area (Å²) < 4.78 is 45.4. The van der Waals surface area contributed by atoms with Gasteiger partial charge < -0.3 is 104 Å². The molecule has 348 valence electrons. The molecule has 0 bridgehead atoms. The van der Waals surface area contributed by atoms with Crippen molar-refractivity contribution in [1.29, 1.82) is 0 Å². The predicted molar refractivity (Wildman–Crippen MR) is 211 cm³/mol. The minimum atomic E-state index is -2.01. The Kier molecular flexibility index (Phi) is 14.6. The lowest BCUT2D eigenvalue weighted by molar-refractivity contribution is -0.364. The zero-order chi connectivity index (χ0) is 46.0. The highest BCUT2D eigenvalue weighted by Gasteiger charge is 2.53. The fraction of sp³-hybridized carbons (Fsp3) is 0.452. The molecule has 64 heavy (non-hydrogen) atoms. The summed E-state index contributed by atoms with van der Waals surface area (Å²) >= 11 is 0. The predicted octanol–water partition coefficient (Wildman–Crippen LogP) is -2.78. The number of benzene rings is 3. The highest BCUT2D eigenvalue weighted by Crippen LogP contribution is 2.47. The van der Waals surface area contributed by atoms with Crippen LogP contribution in [0.1, 0.15) is 22.8 Å². The summed E-state index contributed by atoms with van der Waals surface area (Å²) in [5.74, 6) is -1.72. The van der Waals surface area contributed by atoms with Crippen LogP contribution in [0.2, 0.25) is 0 Å². The number of esters is 1. The number of phenolic OH excluding ortho intramolecular Hbond substituents is 3. The molecular weight excluding hydrogens is 856 g/mol. The van der Waals surface area contributed by atoms with Gasteiger partial charge in [0.25, 0.3) is 11.9 Å². The third kappa shape index (κ3) is 10.0. The van der Waals surface area contributed by atoms with E-state index in [1.807, 2.05) is 0 Å². The maximum absolute atomic E-state index is 12.8. The van der Waals surface area contributed by atoms with Crippen molar-refractivity contribution < 1.29 is 109 Å². The molecule has 0 aliphatic carbocycles. The molecule has 22 heteroatoms. The van der Waals surface area contributed by atoms with E-state index in [4.69, 9.17) is 37.9 Å². The van der Waals surface area contributed by atoms with E-state index in [1.54, 1.807) is 0 Å². The quantitative estimate of drug-likeness (QED) is 0.0469. The molecule has 4 heterocycles. The van der Waals surface area contributed by atoms with Crippen LogP contribution < -0.4 is 4.74 Å². The van der Waals surface area contributed by atoms with Crippen molar-refractivity contribution in [3.8, 4) is 28.7 Å². The molecule has 0 spiro atoms. The third-order valence-electron chi connectivity index (χ3n) is 11.0. The van der Waals surface area contributed by atoms with E-state index in [1.165, 1.54) is 66.7 Å². The van der Waals surface area contributed by atoms with Crippen LogP contribution >= 0.6 is 0 Å². The Morgan fingerprint density at radius 2 is 1.19 bits per heavy atom. The maximum atomic E-state index is 12.8. The van der Waals surface area contributed by atoms with E-state index in [2.05, 4.69) is 0 Å². The highest BCUT2D eigenvalue weighted by molar-refractivity contribution is 5.87. The molecule has 0 aromatic heterocycles. The average molecular weight is 906 g/mol. The first-order valence-electron chi connectivity index (χ1n) is 19.9. The smallest absolute Gasteiger partial charge is 0.330 e. The minimum absolute atomic E-state index is 0.00438. The number of ether oxygens (including phenoxy) is 8. The zero-order valence-corrected chi connectivity index (χ0v) is 33.4. The molecule has 7 rings (SSSR count). The molecule has 14 N–H and O–H groups in total. The van der Waals surface area contributed by atoms with Crippen LogP contribution in [0.5, 0.6) is 28.7 Å². The summed E-state index contributed by atoms with van der Waals surface area (Å²) in [4.78, 5) is 12.8. The lowest BCUT2D eigenvalue weighted by Gasteiger charge is -2.46. The van der Waals surface area contributed by atoms with Gasteiger partial charge >= 0.3 is 5.97 Å². The number of hydrogen-bond donors (Lipinski definition) is 13. The summed E-state index contributed by atoms with van der Waals surface area (Å²) in [7, 11) is 0. The second-order valence-corrected chi connectivity index (χ2v) is 15.4. The molecular formula is C42H49O22+. The molecule has 22 nitrogen and oxygen atoms in total. The average Bonchev–Trinajstić information content (AvgIpc) is 3.28. The monoisotopic (exact) mass is 905 g/mol. The Bertz CT molecular complexity index is 2110. The van der Waals surface area contributed by atoms with Gasteiger partial charge in [0, 0.05) is 18.2 Å². The summed E-state index contributed by atoms with van der Waals surface area (Å²) in [5.41, 5.74) is 0.949. The van der Waals surface area contributed by atoms with Crippen molar-refractivity contribution in [3.63, 3.8) is 0 Å². The number of fused-ring (bicyclic) bond motifs is 1. The van der Waals surface area contributed by atoms with Crippen molar-refractivity contribution in [2.45, 2.75) is 98.2 Å². The Labute approximate surface area is 362 Å². The number of carbonyl (C=O) groups excluding carboxylic acids is 1. The lowest BCUT2D eigenvalue weighted by atomic mass is 9.97. The molecule has 16 unspecified atom stereocenters. The van der Waals surface area contributed by atoms with Gasteiger partial charge in [-0.1, -0.05) is 12.1 Å². The van der Waals surface area contributed by atoms with Crippen molar-refractivity contribution >= 4 is 18.1 Å². The first kappa shape index (κ1) is 46.8. The van der Waals surface area contributed by atoms with E-state index >= 15 is 0 Å². The van der Waals surface area contributed by atoms with Crippen molar-refractivity contribution in [2.75, 3.05) is 19.8 Å². The Morgan fingerprint density at radius 1 is 0.625 bits per heavy atom. The second kappa shape index (κ2) is 19.9. The van der Waals surface area contributed by atoms with Crippen LogP contribution in [0.4, 0.5) is 0 Å². The van der Waals surface area contributed by atoms with Crippen LogP contribution in [-0.4, -0.2) is 189 Å². The Hall–Kier alpha value is -5.15. The fourth-order valence-corrected chi connectivity index (χ4v) is 7.37. The van der Waals surface area contributed by atoms with Crippen LogP contribution in [0.25, 0.3) is 12.2 Å². The highest BCUT2D eigenvalue weighted by atomic mass is 16.8. The van der Waals surface area contributed by atoms with Gasteiger partial charge in [-0.15, -0.1) is 0 Å². The van der Waals surface area contributed by atoms with Crippen molar-refractivity contribution in [3.05, 3.63) is 89.2 Å². The molecule has 3 aromatic carbocycles. The molecule has 3 fully saturated rings. The lowest BCUT2D eigenvalue weighted by Crippen LogP contribution is -2.64. The molecule has 0 saturated carbocycles. The first-order valence-corrected chi connectivity index (χ1v) is 19.9. The minimum Gasteiger partial charge on any atom is -0.571 e. The van der Waals surface area contributed by atoms with Gasteiger partial charge in [0.1, 0.15) is 102 Å². The number of aromatic hydroxyl groups is 4.